The number of aromatic nitrogens is 1. The molecule has 2 heterocycles. The number of amides is 2. The Hall–Kier alpha value is -1.14. The first-order valence-electron chi connectivity index (χ1n) is 7.78. The van der Waals surface area contributed by atoms with Crippen molar-refractivity contribution in [3.8, 4) is 0 Å². The molecule has 5 nitrogen and oxygen atoms in total. The van der Waals surface area contributed by atoms with E-state index in [0.29, 0.717) is 19.7 Å². The van der Waals surface area contributed by atoms with Crippen molar-refractivity contribution in [3.63, 3.8) is 0 Å². The van der Waals surface area contributed by atoms with Crippen LogP contribution in [0.15, 0.2) is 0 Å². The van der Waals surface area contributed by atoms with E-state index in [1.54, 1.807) is 11.3 Å². The predicted molar refractivity (Wildman–Crippen MR) is 84.0 cm³/mol. The van der Waals surface area contributed by atoms with Crippen LogP contribution < -0.4 is 5.32 Å². The normalized spacial score (nSPS) is 25.5. The third-order valence-corrected chi connectivity index (χ3v) is 5.50. The van der Waals surface area contributed by atoms with Gasteiger partial charge < -0.3 is 9.64 Å². The molecule has 2 aliphatic rings. The quantitative estimate of drug-likeness (QED) is 0.913. The fraction of sp³-hybridized carbons (Fsp3) is 0.733. The topological polar surface area (TPSA) is 54.5 Å². The van der Waals surface area contributed by atoms with Gasteiger partial charge in [0.2, 0.25) is 0 Å². The second kappa shape index (κ2) is 5.93. The molecule has 6 heteroatoms. The maximum Gasteiger partial charge on any atom is 0.323 e. The number of nitrogens with one attached hydrogen (secondary N) is 1. The number of hydrogen-bond acceptors (Lipinski definition) is 4. The van der Waals surface area contributed by atoms with Gasteiger partial charge in [-0.25, -0.2) is 9.78 Å². The van der Waals surface area contributed by atoms with Crippen LogP contribution in [0.4, 0.5) is 9.93 Å². The lowest BCUT2D eigenvalue weighted by molar-refractivity contribution is -0.0860. The summed E-state index contributed by atoms with van der Waals surface area (Å²) in [5, 5.41) is 3.72. The van der Waals surface area contributed by atoms with Crippen LogP contribution in [0.3, 0.4) is 0 Å². The summed E-state index contributed by atoms with van der Waals surface area (Å²) in [7, 11) is 0. The molecule has 2 amide bonds. The largest absolute Gasteiger partial charge is 0.372 e. The molecule has 1 aliphatic heterocycles. The molecule has 0 bridgehead atoms. The van der Waals surface area contributed by atoms with Gasteiger partial charge >= 0.3 is 6.03 Å². The summed E-state index contributed by atoms with van der Waals surface area (Å²) in [6.07, 6.45) is 5.51. The lowest BCUT2D eigenvalue weighted by Gasteiger charge is -2.39. The number of carbonyl (C=O) groups is 1. The highest BCUT2D eigenvalue weighted by molar-refractivity contribution is 7.15. The standard InChI is InChI=1S/C15H23N3O2S/c1-3-15(2)10-18(8-9-20-15)14(19)17-13-16-11-6-4-5-7-12(11)21-13/h3-10H2,1-2H3,(H,16,17,19). The first-order chi connectivity index (χ1) is 10.1. The first-order valence-corrected chi connectivity index (χ1v) is 8.60. The molecular weight excluding hydrogens is 286 g/mol. The van der Waals surface area contributed by atoms with Gasteiger partial charge in [-0.3, -0.25) is 5.32 Å². The molecule has 0 spiro atoms. The van der Waals surface area contributed by atoms with Gasteiger partial charge in [-0.2, -0.15) is 0 Å². The number of anilines is 1. The highest BCUT2D eigenvalue weighted by atomic mass is 32.1. The van der Waals surface area contributed by atoms with Crippen molar-refractivity contribution in [1.29, 1.82) is 0 Å². The Labute approximate surface area is 129 Å². The van der Waals surface area contributed by atoms with Gasteiger partial charge in [0, 0.05) is 11.4 Å². The molecule has 1 aliphatic carbocycles. The molecule has 0 radical (unpaired) electrons. The second-order valence-corrected chi connectivity index (χ2v) is 7.18. The molecule has 1 atom stereocenters. The Morgan fingerprint density at radius 2 is 2.29 bits per heavy atom. The number of carbonyl (C=O) groups excluding carboxylic acids is 1. The number of urea groups is 1. The molecule has 1 saturated heterocycles. The minimum Gasteiger partial charge on any atom is -0.372 e. The molecule has 1 aromatic rings. The number of morpholine rings is 1. The Kier molecular flexibility index (Phi) is 4.17. The Balaban J connectivity index is 1.64. The zero-order valence-corrected chi connectivity index (χ0v) is 13.6. The lowest BCUT2D eigenvalue weighted by Crippen LogP contribution is -2.53. The summed E-state index contributed by atoms with van der Waals surface area (Å²) in [4.78, 5) is 20.2. The van der Waals surface area contributed by atoms with Crippen molar-refractivity contribution in [2.45, 2.75) is 51.6 Å². The van der Waals surface area contributed by atoms with E-state index in [0.717, 1.165) is 24.4 Å². The molecule has 1 fully saturated rings. The Morgan fingerprint density at radius 1 is 1.48 bits per heavy atom. The highest BCUT2D eigenvalue weighted by Crippen LogP contribution is 2.30. The molecule has 1 N–H and O–H groups in total. The molecular formula is C15H23N3O2S. The maximum atomic E-state index is 12.4. The van der Waals surface area contributed by atoms with Crippen LogP contribution in [-0.4, -0.2) is 41.2 Å². The number of rotatable bonds is 2. The average molecular weight is 309 g/mol. The van der Waals surface area contributed by atoms with E-state index in [1.165, 1.54) is 23.4 Å². The monoisotopic (exact) mass is 309 g/mol. The summed E-state index contributed by atoms with van der Waals surface area (Å²) in [6.45, 7) is 6.05. The van der Waals surface area contributed by atoms with Crippen LogP contribution in [0, 0.1) is 0 Å². The second-order valence-electron chi connectivity index (χ2n) is 6.10. The summed E-state index contributed by atoms with van der Waals surface area (Å²) < 4.78 is 5.78. The number of nitrogens with zero attached hydrogens (tertiary/aromatic N) is 2. The molecule has 0 aromatic carbocycles. The van der Waals surface area contributed by atoms with E-state index in [2.05, 4.69) is 24.1 Å². The fourth-order valence-corrected chi connectivity index (χ4v) is 3.93. The molecule has 3 rings (SSSR count). The summed E-state index contributed by atoms with van der Waals surface area (Å²) in [5.74, 6) is 0. The van der Waals surface area contributed by atoms with Crippen molar-refractivity contribution in [3.05, 3.63) is 10.6 Å². The fourth-order valence-electron chi connectivity index (χ4n) is 2.89. The van der Waals surface area contributed by atoms with Crippen LogP contribution in [-0.2, 0) is 17.6 Å². The van der Waals surface area contributed by atoms with Crippen LogP contribution in [0.25, 0.3) is 0 Å². The molecule has 1 unspecified atom stereocenters. The van der Waals surface area contributed by atoms with Crippen molar-refractivity contribution in [2.75, 3.05) is 25.0 Å². The summed E-state index contributed by atoms with van der Waals surface area (Å²) in [6, 6.07) is -0.0518. The average Bonchev–Trinajstić information content (AvgIpc) is 2.89. The number of fused-ring (bicyclic) bond motifs is 1. The van der Waals surface area contributed by atoms with E-state index in [9.17, 15) is 4.79 Å². The van der Waals surface area contributed by atoms with E-state index < -0.39 is 0 Å². The van der Waals surface area contributed by atoms with Crippen LogP contribution >= 0.6 is 11.3 Å². The van der Waals surface area contributed by atoms with Crippen LogP contribution in [0.2, 0.25) is 0 Å². The number of aryl methyl sites for hydroxylation is 2. The van der Waals surface area contributed by atoms with Crippen LogP contribution in [0.5, 0.6) is 0 Å². The Bertz CT molecular complexity index is 507. The van der Waals surface area contributed by atoms with Crippen molar-refractivity contribution in [1.82, 2.24) is 9.88 Å². The lowest BCUT2D eigenvalue weighted by atomic mass is 10.0. The number of thiazole rings is 1. The smallest absolute Gasteiger partial charge is 0.323 e. The highest BCUT2D eigenvalue weighted by Gasteiger charge is 2.33. The molecule has 1 aromatic heterocycles. The maximum absolute atomic E-state index is 12.4. The van der Waals surface area contributed by atoms with Gasteiger partial charge in [-0.1, -0.05) is 6.92 Å². The zero-order chi connectivity index (χ0) is 14.9. The zero-order valence-electron chi connectivity index (χ0n) is 12.8. The number of ether oxygens (including phenoxy) is 1. The van der Waals surface area contributed by atoms with Gasteiger partial charge in [0.25, 0.3) is 0 Å². The number of hydrogen-bond donors (Lipinski definition) is 1. The van der Waals surface area contributed by atoms with E-state index >= 15 is 0 Å². The van der Waals surface area contributed by atoms with Crippen molar-refractivity contribution >= 4 is 22.5 Å². The predicted octanol–water partition coefficient (Wildman–Crippen LogP) is 3.05. The van der Waals surface area contributed by atoms with Crippen LogP contribution in [0.1, 0.15) is 43.7 Å². The van der Waals surface area contributed by atoms with Gasteiger partial charge in [0.1, 0.15) is 0 Å². The van der Waals surface area contributed by atoms with Crippen molar-refractivity contribution < 1.29 is 9.53 Å². The van der Waals surface area contributed by atoms with Gasteiger partial charge in [-0.05, 0) is 39.0 Å². The molecule has 21 heavy (non-hydrogen) atoms. The van der Waals surface area contributed by atoms with Crippen molar-refractivity contribution in [2.24, 2.45) is 0 Å². The molecule has 116 valence electrons. The third-order valence-electron chi connectivity index (χ3n) is 4.43. The van der Waals surface area contributed by atoms with Gasteiger partial charge in [0.15, 0.2) is 5.13 Å². The summed E-state index contributed by atoms with van der Waals surface area (Å²) in [5.41, 5.74) is 0.958. The van der Waals surface area contributed by atoms with E-state index in [-0.39, 0.29) is 11.6 Å². The van der Waals surface area contributed by atoms with E-state index in [1.807, 2.05) is 4.90 Å². The summed E-state index contributed by atoms with van der Waals surface area (Å²) >= 11 is 1.63. The Morgan fingerprint density at radius 3 is 3.05 bits per heavy atom. The SMILES string of the molecule is CCC1(C)CN(C(=O)Nc2nc3c(s2)CCCC3)CCO1. The van der Waals surface area contributed by atoms with Gasteiger partial charge in [-0.15, -0.1) is 11.3 Å². The first kappa shape index (κ1) is 14.8. The minimum absolute atomic E-state index is 0.0518. The van der Waals surface area contributed by atoms with E-state index in [4.69, 9.17) is 4.74 Å². The minimum atomic E-state index is -0.224. The molecule has 0 saturated carbocycles. The van der Waals surface area contributed by atoms with Gasteiger partial charge in [0.05, 0.1) is 24.4 Å². The third kappa shape index (κ3) is 3.21.